The number of fused-ring (bicyclic) bond motifs is 12. The normalized spacial score (nSPS) is 11.9. The number of nitrogens with zero attached hydrogens (tertiary/aromatic N) is 5. The molecular weight excluding hydrogens is 759 g/mol. The molecule has 0 aliphatic heterocycles. The van der Waals surface area contributed by atoms with Gasteiger partial charge in [0.2, 0.25) is 0 Å². The Labute approximate surface area is 355 Å². The van der Waals surface area contributed by atoms with Gasteiger partial charge in [-0.3, -0.25) is 9.38 Å². The van der Waals surface area contributed by atoms with E-state index in [1.165, 1.54) is 0 Å². The van der Waals surface area contributed by atoms with Gasteiger partial charge in [0.05, 0.1) is 33.5 Å². The lowest BCUT2D eigenvalue weighted by molar-refractivity contribution is 0.669. The van der Waals surface area contributed by atoms with Crippen molar-refractivity contribution in [3.05, 3.63) is 200 Å². The summed E-state index contributed by atoms with van der Waals surface area (Å²) in [6.45, 7) is 0. The van der Waals surface area contributed by atoms with Crippen LogP contribution < -0.4 is 0 Å². The number of aromatic nitrogens is 5. The fourth-order valence-electron chi connectivity index (χ4n) is 9.32. The maximum Gasteiger partial charge on any atom is 0.138 e. The molecule has 62 heavy (non-hydrogen) atoms. The zero-order valence-corrected chi connectivity index (χ0v) is 33.2. The number of hydrogen-bond acceptors (Lipinski definition) is 5. The monoisotopic (exact) mass is 791 g/mol. The Morgan fingerprint density at radius 2 is 1.03 bits per heavy atom. The van der Waals surface area contributed by atoms with Crippen molar-refractivity contribution in [3.63, 3.8) is 0 Å². The summed E-state index contributed by atoms with van der Waals surface area (Å²) in [6.07, 6.45) is 3.97. The van der Waals surface area contributed by atoms with E-state index in [2.05, 4.69) is 150 Å². The standard InChI is InChI=1S/C56H33N5O/c1-3-13-34(14-4-1)43-32-48-49(59-55(47-20-11-12-27-57-47)53(58-48)35-15-5-2-6-16-35)33-44(43)38-22-24-42-45(30-38)39-17-7-8-19-41(39)54-56(42)61-28-26-37(31-52(61)60-54)36-23-25-51-46(29-36)40-18-9-10-21-50(40)62-51/h1-33H. The molecule has 0 radical (unpaired) electrons. The minimum Gasteiger partial charge on any atom is -0.456 e. The first kappa shape index (κ1) is 34.4. The topological polar surface area (TPSA) is 69.1 Å². The first-order chi connectivity index (χ1) is 30.7. The van der Waals surface area contributed by atoms with Crippen LogP contribution in [0.3, 0.4) is 0 Å². The van der Waals surface area contributed by atoms with Gasteiger partial charge in [0.15, 0.2) is 0 Å². The lowest BCUT2D eigenvalue weighted by atomic mass is 9.91. The molecule has 6 heteroatoms. The van der Waals surface area contributed by atoms with Gasteiger partial charge in [0.1, 0.15) is 22.5 Å². The van der Waals surface area contributed by atoms with Gasteiger partial charge in [-0.15, -0.1) is 0 Å². The molecule has 0 aliphatic carbocycles. The smallest absolute Gasteiger partial charge is 0.138 e. The molecule has 13 rings (SSSR count). The second-order valence-electron chi connectivity index (χ2n) is 15.8. The Kier molecular flexibility index (Phi) is 7.50. The van der Waals surface area contributed by atoms with Crippen LogP contribution in [0.2, 0.25) is 0 Å². The first-order valence-electron chi connectivity index (χ1n) is 20.8. The third-order valence-corrected chi connectivity index (χ3v) is 12.2. The molecule has 5 aromatic heterocycles. The summed E-state index contributed by atoms with van der Waals surface area (Å²) >= 11 is 0. The minimum absolute atomic E-state index is 0.751. The molecule has 0 aliphatic rings. The molecule has 0 saturated carbocycles. The average molecular weight is 792 g/mol. The fraction of sp³-hybridized carbons (Fsp3) is 0. The van der Waals surface area contributed by atoms with E-state index >= 15 is 0 Å². The van der Waals surface area contributed by atoms with Crippen LogP contribution in [0.25, 0.3) is 127 Å². The lowest BCUT2D eigenvalue weighted by Crippen LogP contribution is -1.98. The van der Waals surface area contributed by atoms with E-state index in [0.717, 1.165) is 127 Å². The van der Waals surface area contributed by atoms with Crippen molar-refractivity contribution < 1.29 is 4.42 Å². The molecule has 0 amide bonds. The van der Waals surface area contributed by atoms with Crippen molar-refractivity contribution in [1.29, 1.82) is 0 Å². The van der Waals surface area contributed by atoms with E-state index in [-0.39, 0.29) is 0 Å². The van der Waals surface area contributed by atoms with Gasteiger partial charge in [-0.1, -0.05) is 127 Å². The van der Waals surface area contributed by atoms with E-state index in [1.54, 1.807) is 0 Å². The van der Waals surface area contributed by atoms with Crippen molar-refractivity contribution in [2.24, 2.45) is 0 Å². The van der Waals surface area contributed by atoms with E-state index in [1.807, 2.05) is 54.7 Å². The van der Waals surface area contributed by atoms with Crippen LogP contribution in [-0.4, -0.2) is 24.3 Å². The first-order valence-corrected chi connectivity index (χ1v) is 20.8. The maximum atomic E-state index is 6.14. The number of furan rings is 1. The summed E-state index contributed by atoms with van der Waals surface area (Å²) in [4.78, 5) is 20.7. The van der Waals surface area contributed by atoms with Crippen molar-refractivity contribution in [2.75, 3.05) is 0 Å². The Hall–Kier alpha value is -8.48. The average Bonchev–Trinajstić information content (AvgIpc) is 3.92. The molecule has 288 valence electrons. The van der Waals surface area contributed by atoms with Crippen molar-refractivity contribution in [1.82, 2.24) is 24.3 Å². The molecule has 0 bridgehead atoms. The van der Waals surface area contributed by atoms with Crippen LogP contribution in [-0.2, 0) is 0 Å². The second-order valence-corrected chi connectivity index (χ2v) is 15.8. The summed E-state index contributed by atoms with van der Waals surface area (Å²) in [7, 11) is 0. The van der Waals surface area contributed by atoms with Crippen LogP contribution in [0.4, 0.5) is 0 Å². The summed E-state index contributed by atoms with van der Waals surface area (Å²) in [5.74, 6) is 0. The van der Waals surface area contributed by atoms with Crippen LogP contribution in [0.1, 0.15) is 0 Å². The van der Waals surface area contributed by atoms with Crippen LogP contribution in [0, 0.1) is 0 Å². The second kappa shape index (κ2) is 13.5. The molecule has 0 spiro atoms. The Bertz CT molecular complexity index is 3910. The lowest BCUT2D eigenvalue weighted by Gasteiger charge is -2.16. The highest BCUT2D eigenvalue weighted by Crippen LogP contribution is 2.42. The fourth-order valence-corrected chi connectivity index (χ4v) is 9.32. The third kappa shape index (κ3) is 5.37. The van der Waals surface area contributed by atoms with Gasteiger partial charge in [0, 0.05) is 39.5 Å². The SMILES string of the molecule is c1ccc(-c2cc3nc(-c4ccccc4)c(-c4ccccn4)nc3cc2-c2ccc3c(c2)c2ccccc2c2nc4cc(-c5ccc6oc7ccccc7c6c5)ccn4c32)cc1. The van der Waals surface area contributed by atoms with Crippen LogP contribution >= 0.6 is 0 Å². The van der Waals surface area contributed by atoms with Gasteiger partial charge in [-0.25, -0.2) is 15.0 Å². The predicted octanol–water partition coefficient (Wildman–Crippen LogP) is 14.4. The highest BCUT2D eigenvalue weighted by Gasteiger charge is 2.20. The molecule has 0 N–H and O–H groups in total. The van der Waals surface area contributed by atoms with E-state index < -0.39 is 0 Å². The molecule has 0 unspecified atom stereocenters. The van der Waals surface area contributed by atoms with E-state index in [4.69, 9.17) is 24.4 Å². The predicted molar refractivity (Wildman–Crippen MR) is 253 cm³/mol. The minimum atomic E-state index is 0.751. The van der Waals surface area contributed by atoms with Gasteiger partial charge >= 0.3 is 0 Å². The van der Waals surface area contributed by atoms with E-state index in [0.29, 0.717) is 0 Å². The van der Waals surface area contributed by atoms with Crippen LogP contribution in [0.5, 0.6) is 0 Å². The largest absolute Gasteiger partial charge is 0.456 e. The molecule has 0 fully saturated rings. The van der Waals surface area contributed by atoms with Crippen LogP contribution in [0.15, 0.2) is 205 Å². The summed E-state index contributed by atoms with van der Waals surface area (Å²) in [5.41, 5.74) is 16.3. The molecule has 0 atom stereocenters. The Morgan fingerprint density at radius 3 is 1.84 bits per heavy atom. The summed E-state index contributed by atoms with van der Waals surface area (Å²) in [6, 6.07) is 65.7. The zero-order chi connectivity index (χ0) is 40.7. The number of hydrogen-bond donors (Lipinski definition) is 0. The van der Waals surface area contributed by atoms with Crippen molar-refractivity contribution in [3.8, 4) is 56.0 Å². The summed E-state index contributed by atoms with van der Waals surface area (Å²) in [5, 5.41) is 6.80. The van der Waals surface area contributed by atoms with Gasteiger partial charge in [-0.05, 0) is 105 Å². The molecular formula is C56H33N5O. The van der Waals surface area contributed by atoms with Crippen molar-refractivity contribution in [2.45, 2.75) is 0 Å². The quantitative estimate of drug-likeness (QED) is 0.162. The molecule has 5 heterocycles. The number of pyridine rings is 2. The zero-order valence-electron chi connectivity index (χ0n) is 33.2. The highest BCUT2D eigenvalue weighted by atomic mass is 16.3. The van der Waals surface area contributed by atoms with Gasteiger partial charge < -0.3 is 4.42 Å². The molecule has 13 aromatic rings. The summed E-state index contributed by atoms with van der Waals surface area (Å²) < 4.78 is 8.38. The highest BCUT2D eigenvalue weighted by molar-refractivity contribution is 6.24. The third-order valence-electron chi connectivity index (χ3n) is 12.2. The molecule has 6 nitrogen and oxygen atoms in total. The van der Waals surface area contributed by atoms with Gasteiger partial charge in [-0.2, -0.15) is 0 Å². The Morgan fingerprint density at radius 1 is 0.387 bits per heavy atom. The maximum absolute atomic E-state index is 6.14. The molecule has 0 saturated heterocycles. The molecule has 8 aromatic carbocycles. The van der Waals surface area contributed by atoms with Crippen molar-refractivity contribution >= 4 is 71.2 Å². The number of para-hydroxylation sites is 1. The number of benzene rings is 8. The number of imidazole rings is 1. The number of rotatable bonds is 5. The van der Waals surface area contributed by atoms with Gasteiger partial charge in [0.25, 0.3) is 0 Å². The Balaban J connectivity index is 1.02. The van der Waals surface area contributed by atoms with E-state index in [9.17, 15) is 0 Å².